The number of nitrogens with one attached hydrogen (secondary N) is 1. The molecule has 0 unspecified atom stereocenters. The second-order valence-corrected chi connectivity index (χ2v) is 5.46. The Morgan fingerprint density at radius 1 is 0.812 bits per heavy atom. The molecule has 0 bridgehead atoms. The molecule has 4 heteroatoms. The van der Waals surface area contributed by atoms with E-state index in [1.54, 1.807) is 11.8 Å². The Bertz CT molecular complexity index is 519. The first-order chi connectivity index (χ1) is 7.72. The fraction of sp³-hybridized carbons (Fsp3) is 0. The number of anilines is 2. The van der Waals surface area contributed by atoms with Gasteiger partial charge in [0.2, 0.25) is 0 Å². The van der Waals surface area contributed by atoms with Crippen LogP contribution in [0.4, 0.5) is 11.4 Å². The van der Waals surface area contributed by atoms with Crippen LogP contribution in [0.3, 0.4) is 0 Å². The molecule has 2 aromatic rings. The zero-order chi connectivity index (χ0) is 11.1. The summed E-state index contributed by atoms with van der Waals surface area (Å²) in [6, 6.07) is 11.7. The summed E-state index contributed by atoms with van der Waals surface area (Å²) in [7, 11) is 0. The predicted octanol–water partition coefficient (Wildman–Crippen LogP) is 5.20. The van der Waals surface area contributed by atoms with E-state index in [0.717, 1.165) is 31.2 Å². The lowest BCUT2D eigenvalue weighted by Crippen LogP contribution is -1.99. The van der Waals surface area contributed by atoms with Crippen LogP contribution in [0.25, 0.3) is 0 Å². The van der Waals surface area contributed by atoms with Gasteiger partial charge in [0.1, 0.15) is 0 Å². The maximum Gasteiger partial charge on any atom is 0.0527 e. The van der Waals surface area contributed by atoms with Gasteiger partial charge >= 0.3 is 0 Å². The van der Waals surface area contributed by atoms with Crippen molar-refractivity contribution in [2.45, 2.75) is 9.79 Å². The van der Waals surface area contributed by atoms with Crippen molar-refractivity contribution in [3.63, 3.8) is 0 Å². The Hall–Kier alpha value is -0.830. The highest BCUT2D eigenvalue weighted by atomic mass is 35.5. The number of rotatable bonds is 0. The fourth-order valence-corrected chi connectivity index (χ4v) is 3.17. The van der Waals surface area contributed by atoms with Gasteiger partial charge in [0.25, 0.3) is 0 Å². The summed E-state index contributed by atoms with van der Waals surface area (Å²) in [5.74, 6) is 0. The summed E-state index contributed by atoms with van der Waals surface area (Å²) in [6.07, 6.45) is 0. The summed E-state index contributed by atoms with van der Waals surface area (Å²) >= 11 is 13.6. The zero-order valence-corrected chi connectivity index (χ0v) is 10.5. The van der Waals surface area contributed by atoms with Gasteiger partial charge in [-0.2, -0.15) is 0 Å². The predicted molar refractivity (Wildman–Crippen MR) is 70.3 cm³/mol. The fourth-order valence-electron chi connectivity index (χ4n) is 1.63. The first-order valence-electron chi connectivity index (χ1n) is 4.76. The molecule has 0 amide bonds. The number of hydrogen-bond acceptors (Lipinski definition) is 2. The molecule has 0 saturated carbocycles. The van der Waals surface area contributed by atoms with Crippen molar-refractivity contribution in [3.05, 3.63) is 46.4 Å². The molecule has 16 heavy (non-hydrogen) atoms. The molecular weight excluding hydrogens is 261 g/mol. The quantitative estimate of drug-likeness (QED) is 0.601. The Balaban J connectivity index is 2.10. The second-order valence-electron chi connectivity index (χ2n) is 3.51. The van der Waals surface area contributed by atoms with E-state index >= 15 is 0 Å². The second kappa shape index (κ2) is 3.88. The molecule has 80 valence electrons. The molecule has 1 aliphatic rings. The highest BCUT2D eigenvalue weighted by Crippen LogP contribution is 2.45. The Kier molecular flexibility index (Phi) is 2.51. The molecule has 1 aliphatic heterocycles. The molecular formula is C12H7Cl2NS. The van der Waals surface area contributed by atoms with E-state index in [-0.39, 0.29) is 0 Å². The van der Waals surface area contributed by atoms with Crippen molar-refractivity contribution in [1.82, 2.24) is 0 Å². The van der Waals surface area contributed by atoms with Gasteiger partial charge in [0.05, 0.1) is 11.4 Å². The van der Waals surface area contributed by atoms with E-state index in [9.17, 15) is 0 Å². The van der Waals surface area contributed by atoms with E-state index in [2.05, 4.69) is 5.32 Å². The lowest BCUT2D eigenvalue weighted by molar-refractivity contribution is 1.32. The molecule has 3 rings (SSSR count). The average Bonchev–Trinajstić information content (AvgIpc) is 2.26. The molecule has 1 N–H and O–H groups in total. The first kappa shape index (κ1) is 10.3. The van der Waals surface area contributed by atoms with E-state index in [0.29, 0.717) is 0 Å². The number of fused-ring (bicyclic) bond motifs is 2. The minimum absolute atomic E-state index is 0.749. The lowest BCUT2D eigenvalue weighted by atomic mass is 10.2. The van der Waals surface area contributed by atoms with Crippen molar-refractivity contribution in [1.29, 1.82) is 0 Å². The molecule has 0 spiro atoms. The molecule has 0 radical (unpaired) electrons. The summed E-state index contributed by atoms with van der Waals surface area (Å²) in [5.41, 5.74) is 2.17. The van der Waals surface area contributed by atoms with Crippen LogP contribution in [0.15, 0.2) is 46.2 Å². The molecule has 0 aliphatic carbocycles. The van der Waals surface area contributed by atoms with Crippen molar-refractivity contribution >= 4 is 46.3 Å². The lowest BCUT2D eigenvalue weighted by Gasteiger charge is -2.20. The van der Waals surface area contributed by atoms with Crippen LogP contribution < -0.4 is 5.32 Å². The third kappa shape index (κ3) is 1.77. The minimum atomic E-state index is 0.749. The normalized spacial score (nSPS) is 12.6. The average molecular weight is 268 g/mol. The number of benzene rings is 2. The SMILES string of the molecule is Clc1ccc2c(c1)Sc1cc(Cl)ccc1N2. The molecule has 2 aromatic carbocycles. The first-order valence-corrected chi connectivity index (χ1v) is 6.33. The summed E-state index contributed by atoms with van der Waals surface area (Å²) in [4.78, 5) is 2.25. The van der Waals surface area contributed by atoms with Crippen molar-refractivity contribution in [2.24, 2.45) is 0 Å². The van der Waals surface area contributed by atoms with Crippen LogP contribution in [-0.4, -0.2) is 0 Å². The molecule has 1 heterocycles. The van der Waals surface area contributed by atoms with Crippen LogP contribution in [0.2, 0.25) is 10.0 Å². The van der Waals surface area contributed by atoms with Gasteiger partial charge in [0, 0.05) is 19.8 Å². The Morgan fingerprint density at radius 2 is 1.31 bits per heavy atom. The third-order valence-electron chi connectivity index (χ3n) is 2.38. The largest absolute Gasteiger partial charge is 0.354 e. The van der Waals surface area contributed by atoms with Gasteiger partial charge in [-0.3, -0.25) is 0 Å². The smallest absolute Gasteiger partial charge is 0.0527 e. The topological polar surface area (TPSA) is 12.0 Å². The third-order valence-corrected chi connectivity index (χ3v) is 3.96. The summed E-state index contributed by atoms with van der Waals surface area (Å²) in [5, 5.41) is 4.85. The highest BCUT2D eigenvalue weighted by molar-refractivity contribution is 7.99. The van der Waals surface area contributed by atoms with Gasteiger partial charge in [-0.05, 0) is 36.4 Å². The van der Waals surface area contributed by atoms with Gasteiger partial charge in [-0.25, -0.2) is 0 Å². The number of halogens is 2. The van der Waals surface area contributed by atoms with E-state index < -0.39 is 0 Å². The van der Waals surface area contributed by atoms with E-state index in [4.69, 9.17) is 23.2 Å². The van der Waals surface area contributed by atoms with E-state index in [1.165, 1.54) is 0 Å². The molecule has 0 saturated heterocycles. The van der Waals surface area contributed by atoms with Gasteiger partial charge < -0.3 is 5.32 Å². The Morgan fingerprint density at radius 3 is 1.81 bits per heavy atom. The monoisotopic (exact) mass is 267 g/mol. The van der Waals surface area contributed by atoms with Crippen LogP contribution in [0.5, 0.6) is 0 Å². The van der Waals surface area contributed by atoms with Crippen molar-refractivity contribution in [3.8, 4) is 0 Å². The van der Waals surface area contributed by atoms with Crippen LogP contribution in [0.1, 0.15) is 0 Å². The van der Waals surface area contributed by atoms with Crippen LogP contribution >= 0.6 is 35.0 Å². The molecule has 0 atom stereocenters. The molecule has 1 nitrogen and oxygen atoms in total. The van der Waals surface area contributed by atoms with Gasteiger partial charge in [0.15, 0.2) is 0 Å². The summed E-state index contributed by atoms with van der Waals surface area (Å²) < 4.78 is 0. The summed E-state index contributed by atoms with van der Waals surface area (Å²) in [6.45, 7) is 0. The van der Waals surface area contributed by atoms with Crippen molar-refractivity contribution in [2.75, 3.05) is 5.32 Å². The van der Waals surface area contributed by atoms with Gasteiger partial charge in [-0.1, -0.05) is 35.0 Å². The standard InChI is InChI=1S/C12H7Cl2NS/c13-7-1-3-9-11(5-7)16-12-6-8(14)2-4-10(12)15-9/h1-6,15H. The van der Waals surface area contributed by atoms with Crippen LogP contribution in [0, 0.1) is 0 Å². The maximum absolute atomic E-state index is 5.97. The van der Waals surface area contributed by atoms with E-state index in [1.807, 2.05) is 36.4 Å². The van der Waals surface area contributed by atoms with Crippen LogP contribution in [-0.2, 0) is 0 Å². The minimum Gasteiger partial charge on any atom is -0.354 e. The zero-order valence-electron chi connectivity index (χ0n) is 8.13. The van der Waals surface area contributed by atoms with Gasteiger partial charge in [-0.15, -0.1) is 0 Å². The van der Waals surface area contributed by atoms with Crippen molar-refractivity contribution < 1.29 is 0 Å². The highest BCUT2D eigenvalue weighted by Gasteiger charge is 2.15. The maximum atomic E-state index is 5.97. The Labute approximate surface area is 108 Å². The number of hydrogen-bond donors (Lipinski definition) is 1. The molecule has 0 aromatic heterocycles. The molecule has 0 fully saturated rings.